The quantitative estimate of drug-likeness (QED) is 0.0261. The van der Waals surface area contributed by atoms with E-state index in [2.05, 4.69) is 106 Å². The molecule has 0 aliphatic carbocycles. The molecule has 0 aromatic carbocycles. The summed E-state index contributed by atoms with van der Waals surface area (Å²) in [5.74, 6) is -0.923. The van der Waals surface area contributed by atoms with Gasteiger partial charge in [-0.1, -0.05) is 234 Å². The third-order valence-corrected chi connectivity index (χ3v) is 12.8. The molecule has 0 unspecified atom stereocenters. The highest BCUT2D eigenvalue weighted by Gasteiger charge is 2.19. The van der Waals surface area contributed by atoms with E-state index in [9.17, 15) is 14.4 Å². The Labute approximate surface area is 439 Å². The highest BCUT2D eigenvalue weighted by molar-refractivity contribution is 5.71. The van der Waals surface area contributed by atoms with Crippen LogP contribution in [-0.2, 0) is 28.6 Å². The molecule has 0 fully saturated rings. The third kappa shape index (κ3) is 57.4. The molecule has 6 nitrogen and oxygen atoms in total. The molecule has 0 heterocycles. The Balaban J connectivity index is 4.43. The number of rotatable bonds is 54. The van der Waals surface area contributed by atoms with Crippen molar-refractivity contribution in [2.24, 2.45) is 0 Å². The Morgan fingerprint density at radius 2 is 0.507 bits per heavy atom. The molecule has 0 aliphatic heterocycles. The molecule has 0 radical (unpaired) electrons. The minimum atomic E-state index is -0.795. The van der Waals surface area contributed by atoms with Crippen molar-refractivity contribution in [2.75, 3.05) is 13.2 Å². The lowest BCUT2D eigenvalue weighted by Crippen LogP contribution is -2.30. The van der Waals surface area contributed by atoms with Gasteiger partial charge in [0.05, 0.1) is 0 Å². The first-order chi connectivity index (χ1) is 35.0. The molecule has 0 rings (SSSR count). The normalized spacial score (nSPS) is 12.7. The van der Waals surface area contributed by atoms with E-state index in [1.165, 1.54) is 161 Å². The average Bonchev–Trinajstić information content (AvgIpc) is 3.37. The fraction of sp³-hybridized carbons (Fsp3) is 0.738. The van der Waals surface area contributed by atoms with Gasteiger partial charge in [-0.3, -0.25) is 14.4 Å². The molecule has 0 amide bonds. The summed E-state index contributed by atoms with van der Waals surface area (Å²) in [6.07, 6.45) is 77.1. The van der Waals surface area contributed by atoms with Gasteiger partial charge in [0.2, 0.25) is 0 Å². The summed E-state index contributed by atoms with van der Waals surface area (Å²) in [7, 11) is 0. The van der Waals surface area contributed by atoms with Gasteiger partial charge in [0.15, 0.2) is 6.10 Å². The van der Waals surface area contributed by atoms with Gasteiger partial charge in [-0.2, -0.15) is 0 Å². The van der Waals surface area contributed by atoms with E-state index < -0.39 is 6.10 Å². The molecular formula is C65H112O6. The molecule has 0 aliphatic rings. The molecule has 0 N–H and O–H groups in total. The van der Waals surface area contributed by atoms with Crippen molar-refractivity contribution < 1.29 is 28.6 Å². The second-order valence-corrected chi connectivity index (χ2v) is 19.9. The summed E-state index contributed by atoms with van der Waals surface area (Å²) >= 11 is 0. The van der Waals surface area contributed by atoms with E-state index >= 15 is 0 Å². The van der Waals surface area contributed by atoms with Gasteiger partial charge in [-0.05, 0) is 122 Å². The van der Waals surface area contributed by atoms with Crippen molar-refractivity contribution in [2.45, 2.75) is 297 Å². The number of unbranched alkanes of at least 4 members (excludes halogenated alkanes) is 29. The van der Waals surface area contributed by atoms with Crippen molar-refractivity contribution in [1.82, 2.24) is 0 Å². The first-order valence-corrected chi connectivity index (χ1v) is 30.1. The molecule has 408 valence electrons. The van der Waals surface area contributed by atoms with Crippen LogP contribution in [0, 0.1) is 0 Å². The maximum absolute atomic E-state index is 12.9. The molecule has 0 saturated carbocycles. The molecule has 71 heavy (non-hydrogen) atoms. The van der Waals surface area contributed by atoms with Gasteiger partial charge in [-0.25, -0.2) is 0 Å². The summed E-state index contributed by atoms with van der Waals surface area (Å²) in [5, 5.41) is 0. The van der Waals surface area contributed by atoms with Gasteiger partial charge in [0, 0.05) is 19.3 Å². The third-order valence-electron chi connectivity index (χ3n) is 12.8. The summed E-state index contributed by atoms with van der Waals surface area (Å²) in [6, 6.07) is 0. The predicted molar refractivity (Wildman–Crippen MR) is 307 cm³/mol. The maximum Gasteiger partial charge on any atom is 0.306 e. The van der Waals surface area contributed by atoms with Crippen LogP contribution in [0.5, 0.6) is 0 Å². The Morgan fingerprint density at radius 3 is 0.845 bits per heavy atom. The molecule has 0 bridgehead atoms. The van der Waals surface area contributed by atoms with Crippen molar-refractivity contribution >= 4 is 17.9 Å². The van der Waals surface area contributed by atoms with Crippen LogP contribution in [0.25, 0.3) is 0 Å². The van der Waals surface area contributed by atoms with Crippen molar-refractivity contribution in [3.63, 3.8) is 0 Å². The van der Waals surface area contributed by atoms with Crippen LogP contribution >= 0.6 is 0 Å². The Morgan fingerprint density at radius 1 is 0.282 bits per heavy atom. The Kier molecular flexibility index (Phi) is 56.3. The number of allylic oxidation sites excluding steroid dienone is 14. The zero-order chi connectivity index (χ0) is 51.4. The fourth-order valence-electron chi connectivity index (χ4n) is 8.27. The number of hydrogen-bond acceptors (Lipinski definition) is 6. The first-order valence-electron chi connectivity index (χ1n) is 30.1. The van der Waals surface area contributed by atoms with E-state index in [1.807, 2.05) is 0 Å². The summed E-state index contributed by atoms with van der Waals surface area (Å²) in [6.45, 7) is 6.56. The Bertz CT molecular complexity index is 1370. The Hall–Kier alpha value is -3.41. The average molecular weight is 990 g/mol. The van der Waals surface area contributed by atoms with Crippen LogP contribution in [-0.4, -0.2) is 37.2 Å². The van der Waals surface area contributed by atoms with E-state index in [4.69, 9.17) is 14.2 Å². The molecule has 0 spiro atoms. The monoisotopic (exact) mass is 989 g/mol. The van der Waals surface area contributed by atoms with Crippen LogP contribution in [0.3, 0.4) is 0 Å². The smallest absolute Gasteiger partial charge is 0.306 e. The summed E-state index contributed by atoms with van der Waals surface area (Å²) in [4.78, 5) is 38.2. The molecular weight excluding hydrogens is 877 g/mol. The predicted octanol–water partition coefficient (Wildman–Crippen LogP) is 20.3. The van der Waals surface area contributed by atoms with Gasteiger partial charge in [0.1, 0.15) is 13.2 Å². The molecule has 0 aromatic heterocycles. The minimum Gasteiger partial charge on any atom is -0.462 e. The number of esters is 3. The topological polar surface area (TPSA) is 78.9 Å². The van der Waals surface area contributed by atoms with Gasteiger partial charge >= 0.3 is 17.9 Å². The van der Waals surface area contributed by atoms with Gasteiger partial charge in [0.25, 0.3) is 0 Å². The van der Waals surface area contributed by atoms with Gasteiger partial charge in [-0.15, -0.1) is 0 Å². The number of hydrogen-bond donors (Lipinski definition) is 0. The lowest BCUT2D eigenvalue weighted by atomic mass is 10.1. The van der Waals surface area contributed by atoms with Gasteiger partial charge < -0.3 is 14.2 Å². The van der Waals surface area contributed by atoms with Crippen LogP contribution in [0.4, 0.5) is 0 Å². The highest BCUT2D eigenvalue weighted by Crippen LogP contribution is 2.15. The van der Waals surface area contributed by atoms with Crippen LogP contribution in [0.15, 0.2) is 85.1 Å². The number of carbonyl (C=O) groups is 3. The van der Waals surface area contributed by atoms with Crippen molar-refractivity contribution in [3.8, 4) is 0 Å². The summed E-state index contributed by atoms with van der Waals surface area (Å²) in [5.41, 5.74) is 0. The van der Waals surface area contributed by atoms with Crippen molar-refractivity contribution in [3.05, 3.63) is 85.1 Å². The molecule has 0 aromatic rings. The second kappa shape index (κ2) is 59.2. The first kappa shape index (κ1) is 67.6. The number of carbonyl (C=O) groups excluding carboxylic acids is 3. The second-order valence-electron chi connectivity index (χ2n) is 19.9. The molecule has 1 atom stereocenters. The van der Waals surface area contributed by atoms with E-state index in [1.54, 1.807) is 0 Å². The summed E-state index contributed by atoms with van der Waals surface area (Å²) < 4.78 is 16.9. The molecule has 0 saturated heterocycles. The number of ether oxygens (including phenoxy) is 3. The fourth-order valence-corrected chi connectivity index (χ4v) is 8.27. The van der Waals surface area contributed by atoms with E-state index in [0.717, 1.165) is 89.9 Å². The zero-order valence-electron chi connectivity index (χ0n) is 46.7. The van der Waals surface area contributed by atoms with E-state index in [-0.39, 0.29) is 31.1 Å². The molecule has 6 heteroatoms. The van der Waals surface area contributed by atoms with Crippen molar-refractivity contribution in [1.29, 1.82) is 0 Å². The largest absolute Gasteiger partial charge is 0.462 e. The maximum atomic E-state index is 12.9. The lowest BCUT2D eigenvalue weighted by molar-refractivity contribution is -0.167. The highest BCUT2D eigenvalue weighted by atomic mass is 16.6. The van der Waals surface area contributed by atoms with E-state index in [0.29, 0.717) is 19.3 Å². The lowest BCUT2D eigenvalue weighted by Gasteiger charge is -2.18. The zero-order valence-corrected chi connectivity index (χ0v) is 46.7. The standard InChI is InChI=1S/C65H112O6/c1-4-7-10-13-16-19-22-25-28-30-32-34-37-39-42-45-48-51-54-57-63(66)69-60-62(71-65(68)59-56-53-50-47-44-41-36-27-24-21-18-15-12-9-6-3)61-70-64(67)58-55-52-49-46-43-40-38-35-33-31-29-26-23-20-17-14-11-8-5-2/h16-17,19-21,24-26,28-29,32,34,39,42,62H,4-15,18,22-23,27,30-31,33,35-38,40-41,43-61H2,1-3H3/b19-16-,20-17-,24-21-,28-25-,29-26-,34-32-,42-39-/t62-/m1/s1. The van der Waals surface area contributed by atoms with Crippen LogP contribution in [0.2, 0.25) is 0 Å². The minimum absolute atomic E-state index is 0.0903. The van der Waals surface area contributed by atoms with Crippen LogP contribution in [0.1, 0.15) is 290 Å². The SMILES string of the molecule is CCCCC/C=C\C/C=C\C/C=C\C/C=C\CCCCCC(=O)OC[C@H](COC(=O)CCCCCCCCCCC/C=C\C/C=C\CCCCC)OC(=O)CCCCCCCCC/C=C\CCCCCC. The van der Waals surface area contributed by atoms with Crippen LogP contribution < -0.4 is 0 Å².